The molecule has 0 saturated heterocycles. The molecule has 0 aliphatic rings. The Hall–Kier alpha value is -3.19. The topological polar surface area (TPSA) is 62.7 Å². The van der Waals surface area contributed by atoms with E-state index in [0.29, 0.717) is 11.3 Å². The Kier molecular flexibility index (Phi) is 4.49. The molecule has 0 aliphatic heterocycles. The quantitative estimate of drug-likeness (QED) is 0.744. The van der Waals surface area contributed by atoms with E-state index in [1.54, 1.807) is 12.1 Å². The summed E-state index contributed by atoms with van der Waals surface area (Å²) in [5.74, 6) is -0.125. The highest BCUT2D eigenvalue weighted by atomic mass is 19.1. The summed E-state index contributed by atoms with van der Waals surface area (Å²) in [7, 11) is 0. The lowest BCUT2D eigenvalue weighted by molar-refractivity contribution is 0.628. The van der Waals surface area contributed by atoms with Crippen LogP contribution in [0.3, 0.4) is 0 Å². The smallest absolute Gasteiger partial charge is 0.142 e. The van der Waals surface area contributed by atoms with E-state index in [0.717, 1.165) is 28.7 Å². The second-order valence-electron chi connectivity index (χ2n) is 5.89. The molecular weight excluding hydrogens is 313 g/mol. The normalized spacial score (nSPS) is 10.5. The maximum atomic E-state index is 13.2. The molecule has 2 N–H and O–H groups in total. The fourth-order valence-electron chi connectivity index (χ4n) is 2.96. The van der Waals surface area contributed by atoms with Crippen LogP contribution < -0.4 is 5.73 Å². The third kappa shape index (κ3) is 3.09. The first-order valence-corrected chi connectivity index (χ1v) is 8.10. The van der Waals surface area contributed by atoms with Gasteiger partial charge in [0.1, 0.15) is 23.3 Å². The van der Waals surface area contributed by atoms with Crippen LogP contribution in [0.15, 0.2) is 48.5 Å². The summed E-state index contributed by atoms with van der Waals surface area (Å²) in [6.45, 7) is 4.01. The Labute approximate surface area is 146 Å². The van der Waals surface area contributed by atoms with Crippen LogP contribution in [-0.4, -0.2) is 4.98 Å². The zero-order valence-electron chi connectivity index (χ0n) is 14.2. The molecule has 3 nitrogen and oxygen atoms in total. The number of aromatic nitrogens is 1. The van der Waals surface area contributed by atoms with Crippen molar-refractivity contribution in [3.05, 3.63) is 71.0 Å². The molecule has 2 aromatic carbocycles. The first-order chi connectivity index (χ1) is 12.0. The summed E-state index contributed by atoms with van der Waals surface area (Å²) in [5.41, 5.74) is 11.6. The average molecular weight is 331 g/mol. The van der Waals surface area contributed by atoms with Crippen molar-refractivity contribution in [2.45, 2.75) is 20.3 Å². The molecule has 25 heavy (non-hydrogen) atoms. The fraction of sp³-hybridized carbons (Fsp3) is 0.143. The van der Waals surface area contributed by atoms with Crippen molar-refractivity contribution in [3.63, 3.8) is 0 Å². The highest BCUT2D eigenvalue weighted by Gasteiger charge is 2.18. The van der Waals surface area contributed by atoms with Crippen LogP contribution in [0.25, 0.3) is 22.4 Å². The summed E-state index contributed by atoms with van der Waals surface area (Å²) < 4.78 is 13.2. The van der Waals surface area contributed by atoms with E-state index in [2.05, 4.69) is 18.0 Å². The van der Waals surface area contributed by atoms with Gasteiger partial charge in [-0.2, -0.15) is 5.26 Å². The van der Waals surface area contributed by atoms with E-state index in [1.807, 2.05) is 31.2 Å². The molecule has 0 atom stereocenters. The summed E-state index contributed by atoms with van der Waals surface area (Å²) in [6, 6.07) is 16.4. The lowest BCUT2D eigenvalue weighted by Crippen LogP contribution is -2.03. The van der Waals surface area contributed by atoms with Crippen LogP contribution in [0.2, 0.25) is 0 Å². The molecule has 0 bridgehead atoms. The van der Waals surface area contributed by atoms with Gasteiger partial charge < -0.3 is 5.73 Å². The van der Waals surface area contributed by atoms with Gasteiger partial charge in [0.15, 0.2) is 0 Å². The molecule has 0 unspecified atom stereocenters. The molecule has 0 saturated carbocycles. The van der Waals surface area contributed by atoms with E-state index in [9.17, 15) is 9.65 Å². The number of nitrogens with two attached hydrogens (primary N) is 1. The molecule has 1 heterocycles. The fourth-order valence-corrected chi connectivity index (χ4v) is 2.96. The van der Waals surface area contributed by atoms with Crippen molar-refractivity contribution < 1.29 is 4.39 Å². The molecular formula is C21H18FN3. The predicted molar refractivity (Wildman–Crippen MR) is 98.3 cm³/mol. The van der Waals surface area contributed by atoms with Gasteiger partial charge in [0, 0.05) is 11.1 Å². The number of nitriles is 1. The van der Waals surface area contributed by atoms with E-state index < -0.39 is 0 Å². The monoisotopic (exact) mass is 331 g/mol. The largest absolute Gasteiger partial charge is 0.383 e. The minimum Gasteiger partial charge on any atom is -0.383 e. The first kappa shape index (κ1) is 16.7. The van der Waals surface area contributed by atoms with Crippen LogP contribution in [0.5, 0.6) is 0 Å². The van der Waals surface area contributed by atoms with Gasteiger partial charge in [0.2, 0.25) is 0 Å². The number of pyridine rings is 1. The summed E-state index contributed by atoms with van der Waals surface area (Å²) in [6.07, 6.45) is 0.948. The van der Waals surface area contributed by atoms with Crippen molar-refractivity contribution in [2.75, 3.05) is 5.73 Å². The predicted octanol–water partition coefficient (Wildman–Crippen LogP) is 4.88. The molecule has 1 aromatic heterocycles. The number of hydrogen-bond donors (Lipinski definition) is 1. The zero-order valence-corrected chi connectivity index (χ0v) is 14.2. The number of rotatable bonds is 3. The van der Waals surface area contributed by atoms with Crippen molar-refractivity contribution >= 4 is 5.82 Å². The lowest BCUT2D eigenvalue weighted by Gasteiger charge is -2.15. The molecule has 0 amide bonds. The van der Waals surface area contributed by atoms with E-state index in [4.69, 9.17) is 5.73 Å². The van der Waals surface area contributed by atoms with E-state index in [1.165, 1.54) is 17.7 Å². The maximum Gasteiger partial charge on any atom is 0.142 e. The van der Waals surface area contributed by atoms with Gasteiger partial charge in [-0.15, -0.1) is 0 Å². The molecule has 0 spiro atoms. The maximum absolute atomic E-state index is 13.2. The van der Waals surface area contributed by atoms with Crippen molar-refractivity contribution in [1.82, 2.24) is 4.98 Å². The zero-order chi connectivity index (χ0) is 18.0. The highest BCUT2D eigenvalue weighted by Crippen LogP contribution is 2.35. The molecule has 4 heteroatoms. The van der Waals surface area contributed by atoms with Crippen LogP contribution in [-0.2, 0) is 6.42 Å². The summed E-state index contributed by atoms with van der Waals surface area (Å²) in [5, 5.41) is 9.56. The average Bonchev–Trinajstić information content (AvgIpc) is 2.64. The first-order valence-electron chi connectivity index (χ1n) is 8.10. The van der Waals surface area contributed by atoms with Gasteiger partial charge in [-0.05, 0) is 54.3 Å². The van der Waals surface area contributed by atoms with Crippen LogP contribution in [0.4, 0.5) is 10.2 Å². The molecule has 124 valence electrons. The van der Waals surface area contributed by atoms with Gasteiger partial charge >= 0.3 is 0 Å². The van der Waals surface area contributed by atoms with Crippen molar-refractivity contribution in [2.24, 2.45) is 0 Å². The highest BCUT2D eigenvalue weighted by molar-refractivity contribution is 5.84. The molecule has 3 rings (SSSR count). The number of hydrogen-bond acceptors (Lipinski definition) is 3. The van der Waals surface area contributed by atoms with Crippen LogP contribution in [0, 0.1) is 24.1 Å². The minimum absolute atomic E-state index is 0.182. The Bertz CT molecular complexity index is 952. The Morgan fingerprint density at radius 1 is 1.04 bits per heavy atom. The summed E-state index contributed by atoms with van der Waals surface area (Å²) in [4.78, 5) is 4.40. The Balaban J connectivity index is 2.25. The van der Waals surface area contributed by atoms with Gasteiger partial charge in [-0.3, -0.25) is 0 Å². The van der Waals surface area contributed by atoms with Gasteiger partial charge in [0.25, 0.3) is 0 Å². The second kappa shape index (κ2) is 6.74. The van der Waals surface area contributed by atoms with Gasteiger partial charge in [-0.25, -0.2) is 9.37 Å². The van der Waals surface area contributed by atoms with Crippen molar-refractivity contribution in [1.29, 1.82) is 5.26 Å². The Morgan fingerprint density at radius 2 is 1.64 bits per heavy atom. The molecule has 0 aliphatic carbocycles. The number of anilines is 1. The lowest BCUT2D eigenvalue weighted by atomic mass is 9.92. The second-order valence-corrected chi connectivity index (χ2v) is 5.89. The van der Waals surface area contributed by atoms with Gasteiger partial charge in [-0.1, -0.05) is 31.2 Å². The van der Waals surface area contributed by atoms with E-state index in [-0.39, 0.29) is 11.6 Å². The van der Waals surface area contributed by atoms with Gasteiger partial charge in [0.05, 0.1) is 5.69 Å². The number of aryl methyl sites for hydroxylation is 1. The SMILES string of the molecule is CCc1ccc(-c2c(C)c(-c3ccc(F)cc3)nc(N)c2C#N)cc1. The standard InChI is InChI=1S/C21H18FN3/c1-3-14-4-6-15(7-5-14)19-13(2)20(25-21(24)18(19)12-23)16-8-10-17(22)11-9-16/h4-11H,3H2,1-2H3,(H2,24,25). The minimum atomic E-state index is -0.307. The number of nitrogens with zero attached hydrogens (tertiary/aromatic N) is 2. The molecule has 0 fully saturated rings. The number of benzene rings is 2. The van der Waals surface area contributed by atoms with E-state index >= 15 is 0 Å². The number of halogens is 1. The third-order valence-electron chi connectivity index (χ3n) is 4.35. The Morgan fingerprint density at radius 3 is 2.20 bits per heavy atom. The number of nitrogen functional groups attached to an aromatic ring is 1. The summed E-state index contributed by atoms with van der Waals surface area (Å²) >= 11 is 0. The molecule has 3 aromatic rings. The van der Waals surface area contributed by atoms with Crippen LogP contribution >= 0.6 is 0 Å². The van der Waals surface area contributed by atoms with Crippen LogP contribution in [0.1, 0.15) is 23.6 Å². The van der Waals surface area contributed by atoms with Crippen molar-refractivity contribution in [3.8, 4) is 28.5 Å². The molecule has 0 radical (unpaired) electrons. The third-order valence-corrected chi connectivity index (χ3v) is 4.35.